The Labute approximate surface area is 149 Å². The van der Waals surface area contributed by atoms with Crippen LogP contribution in [-0.4, -0.2) is 19.8 Å². The fourth-order valence-electron chi connectivity index (χ4n) is 3.30. The van der Waals surface area contributed by atoms with E-state index in [9.17, 15) is 0 Å². The van der Waals surface area contributed by atoms with Crippen molar-refractivity contribution in [1.29, 1.82) is 0 Å². The summed E-state index contributed by atoms with van der Waals surface area (Å²) in [5.74, 6) is 6.26. The molecular formula is C22H21NO2. The SMILES string of the molecule is C#CCOc1cc2c(cc1OCC#C)-c1cccc(C)c1N(CC)C2. The van der Waals surface area contributed by atoms with Crippen molar-refractivity contribution >= 4 is 5.69 Å². The lowest BCUT2D eigenvalue weighted by Crippen LogP contribution is -2.27. The van der Waals surface area contributed by atoms with Gasteiger partial charge in [-0.2, -0.15) is 0 Å². The number of benzene rings is 2. The van der Waals surface area contributed by atoms with Gasteiger partial charge in [0, 0.05) is 24.3 Å². The van der Waals surface area contributed by atoms with Crippen LogP contribution in [0.25, 0.3) is 11.1 Å². The molecule has 3 nitrogen and oxygen atoms in total. The zero-order chi connectivity index (χ0) is 17.8. The van der Waals surface area contributed by atoms with Crippen LogP contribution in [0.15, 0.2) is 30.3 Å². The molecule has 2 aromatic rings. The minimum atomic E-state index is 0.187. The van der Waals surface area contributed by atoms with Crippen molar-refractivity contribution in [2.45, 2.75) is 20.4 Å². The Kier molecular flexibility index (Phi) is 4.87. The Balaban J connectivity index is 2.15. The quantitative estimate of drug-likeness (QED) is 0.772. The molecule has 25 heavy (non-hydrogen) atoms. The topological polar surface area (TPSA) is 21.7 Å². The van der Waals surface area contributed by atoms with Crippen LogP contribution in [0.5, 0.6) is 11.5 Å². The third kappa shape index (κ3) is 3.14. The van der Waals surface area contributed by atoms with Crippen molar-refractivity contribution in [3.63, 3.8) is 0 Å². The third-order valence-corrected chi connectivity index (χ3v) is 4.38. The molecule has 0 unspecified atom stereocenters. The van der Waals surface area contributed by atoms with Crippen LogP contribution in [0.4, 0.5) is 5.69 Å². The van der Waals surface area contributed by atoms with E-state index < -0.39 is 0 Å². The van der Waals surface area contributed by atoms with Gasteiger partial charge in [-0.15, -0.1) is 12.8 Å². The highest BCUT2D eigenvalue weighted by atomic mass is 16.5. The predicted molar refractivity (Wildman–Crippen MR) is 102 cm³/mol. The molecule has 2 aromatic carbocycles. The normalized spacial score (nSPS) is 11.8. The third-order valence-electron chi connectivity index (χ3n) is 4.38. The molecule has 0 bridgehead atoms. The van der Waals surface area contributed by atoms with Crippen molar-refractivity contribution in [2.75, 3.05) is 24.7 Å². The molecular weight excluding hydrogens is 310 g/mol. The lowest BCUT2D eigenvalue weighted by atomic mass is 9.91. The van der Waals surface area contributed by atoms with Crippen LogP contribution in [0.2, 0.25) is 0 Å². The number of hydrogen-bond acceptors (Lipinski definition) is 3. The number of para-hydroxylation sites is 1. The van der Waals surface area contributed by atoms with Crippen molar-refractivity contribution in [1.82, 2.24) is 0 Å². The maximum atomic E-state index is 5.70. The monoisotopic (exact) mass is 331 g/mol. The van der Waals surface area contributed by atoms with E-state index in [1.807, 2.05) is 12.1 Å². The van der Waals surface area contributed by atoms with Crippen LogP contribution in [0, 0.1) is 31.6 Å². The van der Waals surface area contributed by atoms with Gasteiger partial charge in [0.25, 0.3) is 0 Å². The van der Waals surface area contributed by atoms with Crippen molar-refractivity contribution in [3.8, 4) is 47.3 Å². The molecule has 126 valence electrons. The molecule has 0 radical (unpaired) electrons. The highest BCUT2D eigenvalue weighted by molar-refractivity contribution is 5.86. The van der Waals surface area contributed by atoms with Gasteiger partial charge in [0.2, 0.25) is 0 Å². The molecule has 3 heteroatoms. The van der Waals surface area contributed by atoms with Gasteiger partial charge in [-0.1, -0.05) is 30.0 Å². The maximum absolute atomic E-state index is 5.70. The molecule has 0 fully saturated rings. The second kappa shape index (κ2) is 7.24. The highest BCUT2D eigenvalue weighted by Gasteiger charge is 2.24. The Morgan fingerprint density at radius 2 is 1.72 bits per heavy atom. The maximum Gasteiger partial charge on any atom is 0.163 e. The van der Waals surface area contributed by atoms with Gasteiger partial charge >= 0.3 is 0 Å². The Hall–Kier alpha value is -3.04. The van der Waals surface area contributed by atoms with Gasteiger partial charge in [-0.05, 0) is 42.7 Å². The molecule has 0 aromatic heterocycles. The van der Waals surface area contributed by atoms with Gasteiger partial charge < -0.3 is 14.4 Å². The fraction of sp³-hybridized carbons (Fsp3) is 0.273. The van der Waals surface area contributed by atoms with Crippen LogP contribution in [0.1, 0.15) is 18.1 Å². The summed E-state index contributed by atoms with van der Waals surface area (Å²) < 4.78 is 11.4. The molecule has 0 atom stereocenters. The lowest BCUT2D eigenvalue weighted by molar-refractivity contribution is 0.314. The van der Waals surface area contributed by atoms with Gasteiger partial charge in [0.15, 0.2) is 11.5 Å². The number of terminal acetylenes is 2. The first-order valence-electron chi connectivity index (χ1n) is 8.34. The first-order chi connectivity index (χ1) is 12.2. The van der Waals surface area contributed by atoms with Crippen LogP contribution in [0.3, 0.4) is 0 Å². The van der Waals surface area contributed by atoms with Gasteiger partial charge in [-0.25, -0.2) is 0 Å². The van der Waals surface area contributed by atoms with E-state index in [0.29, 0.717) is 11.5 Å². The number of anilines is 1. The summed E-state index contributed by atoms with van der Waals surface area (Å²) in [7, 11) is 0. The lowest BCUT2D eigenvalue weighted by Gasteiger charge is -2.34. The molecule has 1 heterocycles. The summed E-state index contributed by atoms with van der Waals surface area (Å²) in [5.41, 5.74) is 6.10. The molecule has 0 aliphatic carbocycles. The molecule has 1 aliphatic heterocycles. The Morgan fingerprint density at radius 1 is 1.04 bits per heavy atom. The van der Waals surface area contributed by atoms with Crippen molar-refractivity contribution in [3.05, 3.63) is 41.5 Å². The van der Waals surface area contributed by atoms with E-state index in [0.717, 1.165) is 18.7 Å². The molecule has 0 spiro atoms. The smallest absolute Gasteiger partial charge is 0.163 e. The summed E-state index contributed by atoms with van der Waals surface area (Å²) in [5, 5.41) is 0. The van der Waals surface area contributed by atoms with Gasteiger partial charge in [-0.3, -0.25) is 0 Å². The van der Waals surface area contributed by atoms with Crippen LogP contribution < -0.4 is 14.4 Å². The minimum absolute atomic E-state index is 0.187. The summed E-state index contributed by atoms with van der Waals surface area (Å²) >= 11 is 0. The molecule has 0 amide bonds. The van der Waals surface area contributed by atoms with Crippen molar-refractivity contribution in [2.24, 2.45) is 0 Å². The van der Waals surface area contributed by atoms with E-state index in [1.54, 1.807) is 0 Å². The molecule has 1 aliphatic rings. The zero-order valence-corrected chi connectivity index (χ0v) is 14.6. The number of rotatable bonds is 5. The van der Waals surface area contributed by atoms with Gasteiger partial charge in [0.1, 0.15) is 13.2 Å². The molecule has 0 saturated carbocycles. The second-order valence-corrected chi connectivity index (χ2v) is 5.93. The number of hydrogen-bond donors (Lipinski definition) is 0. The van der Waals surface area contributed by atoms with Crippen LogP contribution >= 0.6 is 0 Å². The summed E-state index contributed by atoms with van der Waals surface area (Å²) in [6.45, 7) is 6.46. The molecule has 0 saturated heterocycles. The van der Waals surface area contributed by atoms with E-state index in [1.165, 1.54) is 22.4 Å². The zero-order valence-electron chi connectivity index (χ0n) is 14.6. The number of ether oxygens (including phenoxy) is 2. The highest BCUT2D eigenvalue weighted by Crippen LogP contribution is 2.45. The standard InChI is InChI=1S/C22H21NO2/c1-5-11-24-20-13-17-15-23(7-3)22-16(4)9-8-10-18(22)19(17)14-21(20)25-12-6-2/h1-2,8-10,13-14H,7,11-12,15H2,3-4H3. The molecule has 3 rings (SSSR count). The first kappa shape index (κ1) is 16.8. The largest absolute Gasteiger partial charge is 0.477 e. The number of fused-ring (bicyclic) bond motifs is 3. The van der Waals surface area contributed by atoms with Crippen molar-refractivity contribution < 1.29 is 9.47 Å². The second-order valence-electron chi connectivity index (χ2n) is 5.93. The van der Waals surface area contributed by atoms with E-state index in [-0.39, 0.29) is 13.2 Å². The van der Waals surface area contributed by atoms with Gasteiger partial charge in [0.05, 0.1) is 0 Å². The first-order valence-corrected chi connectivity index (χ1v) is 8.34. The van der Waals surface area contributed by atoms with E-state index >= 15 is 0 Å². The minimum Gasteiger partial charge on any atom is -0.477 e. The van der Waals surface area contributed by atoms with Crippen LogP contribution in [-0.2, 0) is 6.54 Å². The average Bonchev–Trinajstić information content (AvgIpc) is 2.63. The Bertz CT molecular complexity index is 871. The fourth-order valence-corrected chi connectivity index (χ4v) is 3.30. The number of nitrogens with zero attached hydrogens (tertiary/aromatic N) is 1. The Morgan fingerprint density at radius 3 is 2.36 bits per heavy atom. The van der Waals surface area contributed by atoms with E-state index in [4.69, 9.17) is 22.3 Å². The summed E-state index contributed by atoms with van der Waals surface area (Å²) in [6.07, 6.45) is 10.7. The molecule has 0 N–H and O–H groups in total. The average molecular weight is 331 g/mol. The predicted octanol–water partition coefficient (Wildman–Crippen LogP) is 4.03. The number of aryl methyl sites for hydroxylation is 1. The summed E-state index contributed by atoms with van der Waals surface area (Å²) in [6, 6.07) is 10.4. The van der Waals surface area contributed by atoms with E-state index in [2.05, 4.69) is 48.8 Å². The summed E-state index contributed by atoms with van der Waals surface area (Å²) in [4.78, 5) is 2.37.